The lowest BCUT2D eigenvalue weighted by Crippen LogP contribution is -2.51. The van der Waals surface area contributed by atoms with Crippen molar-refractivity contribution in [2.24, 2.45) is 5.92 Å². The lowest BCUT2D eigenvalue weighted by Gasteiger charge is -2.31. The van der Waals surface area contributed by atoms with Crippen LogP contribution in [0.3, 0.4) is 0 Å². The predicted molar refractivity (Wildman–Crippen MR) is 84.1 cm³/mol. The Labute approximate surface area is 131 Å². The van der Waals surface area contributed by atoms with Crippen molar-refractivity contribution in [1.29, 1.82) is 0 Å². The fourth-order valence-corrected chi connectivity index (χ4v) is 3.40. The van der Waals surface area contributed by atoms with Crippen LogP contribution < -0.4 is 10.6 Å². The number of nitrogens with zero attached hydrogens (tertiary/aromatic N) is 1. The summed E-state index contributed by atoms with van der Waals surface area (Å²) in [6, 6.07) is -0.0315. The maximum Gasteiger partial charge on any atom is 0.243 e. The third-order valence-electron chi connectivity index (χ3n) is 4.00. The molecule has 0 aromatic carbocycles. The van der Waals surface area contributed by atoms with Gasteiger partial charge in [0.25, 0.3) is 0 Å². The van der Waals surface area contributed by atoms with E-state index in [2.05, 4.69) is 10.6 Å². The van der Waals surface area contributed by atoms with Crippen LogP contribution in [0, 0.1) is 5.92 Å². The summed E-state index contributed by atoms with van der Waals surface area (Å²) >= 11 is 1.67. The molecule has 0 aromatic heterocycles. The van der Waals surface area contributed by atoms with Crippen molar-refractivity contribution in [2.45, 2.75) is 38.3 Å². The van der Waals surface area contributed by atoms with E-state index in [1.165, 1.54) is 0 Å². The van der Waals surface area contributed by atoms with Gasteiger partial charge in [-0.05, 0) is 26.8 Å². The van der Waals surface area contributed by atoms with Gasteiger partial charge in [0, 0.05) is 24.3 Å². The molecule has 2 amide bonds. The Hall–Kier alpha value is -0.460. The minimum Gasteiger partial charge on any atom is -0.353 e. The molecular weight excluding hydrogens is 298 g/mol. The van der Waals surface area contributed by atoms with Crippen LogP contribution in [0.1, 0.15) is 26.2 Å². The Bertz CT molecular complexity index is 353. The van der Waals surface area contributed by atoms with E-state index in [0.29, 0.717) is 12.4 Å². The molecule has 1 saturated heterocycles. The van der Waals surface area contributed by atoms with Crippen LogP contribution in [-0.4, -0.2) is 54.0 Å². The van der Waals surface area contributed by atoms with Crippen LogP contribution in [0.15, 0.2) is 0 Å². The van der Waals surface area contributed by atoms with Crippen molar-refractivity contribution >= 4 is 36.0 Å². The summed E-state index contributed by atoms with van der Waals surface area (Å²) in [7, 11) is 1.87. The number of likely N-dealkylation sites (N-methyl/N-ethyl adjacent to an activating group) is 1. The van der Waals surface area contributed by atoms with Gasteiger partial charge in [-0.15, -0.1) is 24.2 Å². The Morgan fingerprint density at radius 1 is 1.40 bits per heavy atom. The van der Waals surface area contributed by atoms with Gasteiger partial charge in [0.1, 0.15) is 6.04 Å². The van der Waals surface area contributed by atoms with E-state index in [9.17, 15) is 9.59 Å². The first-order valence-electron chi connectivity index (χ1n) is 6.96. The molecule has 5 nitrogen and oxygen atoms in total. The van der Waals surface area contributed by atoms with Gasteiger partial charge < -0.3 is 15.5 Å². The maximum atomic E-state index is 12.3. The minimum absolute atomic E-state index is 0. The van der Waals surface area contributed by atoms with Crippen molar-refractivity contribution in [3.8, 4) is 0 Å². The summed E-state index contributed by atoms with van der Waals surface area (Å²) < 4.78 is 0. The number of rotatable bonds is 5. The smallest absolute Gasteiger partial charge is 0.243 e. The summed E-state index contributed by atoms with van der Waals surface area (Å²) in [5, 5.41) is 6.01. The summed E-state index contributed by atoms with van der Waals surface area (Å²) in [6.45, 7) is 2.61. The van der Waals surface area contributed by atoms with Gasteiger partial charge >= 0.3 is 0 Å². The van der Waals surface area contributed by atoms with Gasteiger partial charge in [0.2, 0.25) is 11.8 Å². The number of hydrogen-bond donors (Lipinski definition) is 2. The molecule has 2 unspecified atom stereocenters. The number of halogens is 1. The van der Waals surface area contributed by atoms with E-state index in [-0.39, 0.29) is 42.2 Å². The molecule has 7 heteroatoms. The van der Waals surface area contributed by atoms with Crippen molar-refractivity contribution in [3.63, 3.8) is 0 Å². The summed E-state index contributed by atoms with van der Waals surface area (Å²) in [5.74, 6) is 1.72. The highest BCUT2D eigenvalue weighted by Crippen LogP contribution is 2.32. The number of carbonyl (C=O) groups excluding carboxylic acids is 2. The van der Waals surface area contributed by atoms with Crippen LogP contribution in [-0.2, 0) is 9.59 Å². The molecule has 2 aliphatic rings. The fraction of sp³-hybridized carbons (Fsp3) is 0.846. The van der Waals surface area contributed by atoms with Crippen LogP contribution in [0.4, 0.5) is 0 Å². The maximum absolute atomic E-state index is 12.3. The highest BCUT2D eigenvalue weighted by molar-refractivity contribution is 7.99. The summed E-state index contributed by atoms with van der Waals surface area (Å²) in [4.78, 5) is 26.2. The van der Waals surface area contributed by atoms with Crippen molar-refractivity contribution in [2.75, 3.05) is 25.2 Å². The normalized spacial score (nSPS) is 23.7. The molecule has 1 heterocycles. The first-order valence-corrected chi connectivity index (χ1v) is 8.12. The van der Waals surface area contributed by atoms with Gasteiger partial charge in [-0.3, -0.25) is 9.59 Å². The topological polar surface area (TPSA) is 61.4 Å². The number of thioether (sulfide) groups is 1. The monoisotopic (exact) mass is 321 g/mol. The Morgan fingerprint density at radius 3 is 2.65 bits per heavy atom. The van der Waals surface area contributed by atoms with Gasteiger partial charge in [-0.1, -0.05) is 6.42 Å². The highest BCUT2D eigenvalue weighted by atomic mass is 35.5. The molecular formula is C13H24ClN3O2S. The first-order chi connectivity index (χ1) is 9.13. The van der Waals surface area contributed by atoms with Crippen LogP contribution in [0.5, 0.6) is 0 Å². The second kappa shape index (κ2) is 8.10. The van der Waals surface area contributed by atoms with E-state index >= 15 is 0 Å². The number of amides is 2. The summed E-state index contributed by atoms with van der Waals surface area (Å²) in [5.41, 5.74) is 0. The van der Waals surface area contributed by atoms with Gasteiger partial charge in [-0.25, -0.2) is 0 Å². The standard InChI is InChI=1S/C13H23N3O2S.ClH/c1-9(14-2)6-15-12(17)11-7-19-8-16(11)13(18)10-4-3-5-10;/h9-11,14H,3-8H2,1-2H3,(H,15,17);1H. The molecule has 20 heavy (non-hydrogen) atoms. The number of hydrogen-bond acceptors (Lipinski definition) is 4. The third-order valence-corrected chi connectivity index (χ3v) is 5.01. The lowest BCUT2D eigenvalue weighted by molar-refractivity contribution is -0.143. The lowest BCUT2D eigenvalue weighted by atomic mass is 9.84. The van der Waals surface area contributed by atoms with Crippen molar-refractivity contribution in [1.82, 2.24) is 15.5 Å². The fourth-order valence-electron chi connectivity index (χ4n) is 2.24. The van der Waals surface area contributed by atoms with E-state index in [0.717, 1.165) is 25.0 Å². The van der Waals surface area contributed by atoms with Crippen LogP contribution in [0.25, 0.3) is 0 Å². The molecule has 2 atom stereocenters. The molecule has 0 spiro atoms. The molecule has 0 aromatic rings. The number of carbonyl (C=O) groups is 2. The quantitative estimate of drug-likeness (QED) is 0.787. The van der Waals surface area contributed by atoms with Crippen molar-refractivity contribution in [3.05, 3.63) is 0 Å². The Kier molecular flexibility index (Phi) is 7.12. The zero-order valence-corrected chi connectivity index (χ0v) is 13.7. The van der Waals surface area contributed by atoms with Crippen LogP contribution in [0.2, 0.25) is 0 Å². The second-order valence-corrected chi connectivity index (χ2v) is 6.39. The first kappa shape index (κ1) is 17.6. The van der Waals surface area contributed by atoms with Gasteiger partial charge in [-0.2, -0.15) is 0 Å². The van der Waals surface area contributed by atoms with Gasteiger partial charge in [0.15, 0.2) is 0 Å². The van der Waals surface area contributed by atoms with E-state index < -0.39 is 0 Å². The van der Waals surface area contributed by atoms with Crippen LogP contribution >= 0.6 is 24.2 Å². The SMILES string of the molecule is CNC(C)CNC(=O)C1CSCN1C(=O)C1CCC1.Cl. The molecule has 0 radical (unpaired) electrons. The Morgan fingerprint density at radius 2 is 2.10 bits per heavy atom. The number of nitrogens with one attached hydrogen (secondary N) is 2. The molecule has 2 fully saturated rings. The predicted octanol–water partition coefficient (Wildman–Crippen LogP) is 0.834. The molecule has 2 N–H and O–H groups in total. The van der Waals surface area contributed by atoms with Crippen molar-refractivity contribution < 1.29 is 9.59 Å². The van der Waals surface area contributed by atoms with E-state index in [1.54, 1.807) is 16.7 Å². The second-order valence-electron chi connectivity index (χ2n) is 5.39. The average Bonchev–Trinajstić information content (AvgIpc) is 2.82. The van der Waals surface area contributed by atoms with E-state index in [1.807, 2.05) is 14.0 Å². The average molecular weight is 322 g/mol. The zero-order valence-electron chi connectivity index (χ0n) is 12.1. The van der Waals surface area contributed by atoms with E-state index in [4.69, 9.17) is 0 Å². The molecule has 1 aliphatic heterocycles. The molecule has 1 aliphatic carbocycles. The molecule has 0 bridgehead atoms. The molecule has 1 saturated carbocycles. The third kappa shape index (κ3) is 4.02. The molecule has 2 rings (SSSR count). The largest absolute Gasteiger partial charge is 0.353 e. The minimum atomic E-state index is -0.276. The Balaban J connectivity index is 0.00000200. The zero-order chi connectivity index (χ0) is 13.8. The highest BCUT2D eigenvalue weighted by Gasteiger charge is 2.39. The molecule has 116 valence electrons. The summed E-state index contributed by atoms with van der Waals surface area (Å²) in [6.07, 6.45) is 3.13. The van der Waals surface area contributed by atoms with Gasteiger partial charge in [0.05, 0.1) is 5.88 Å².